The fourth-order valence-electron chi connectivity index (χ4n) is 3.46. The van der Waals surface area contributed by atoms with Gasteiger partial charge in [-0.2, -0.15) is 0 Å². The smallest absolute Gasteiger partial charge is 0.188 e. The van der Waals surface area contributed by atoms with Crippen LogP contribution in [0.4, 0.5) is 17.3 Å². The van der Waals surface area contributed by atoms with Gasteiger partial charge in [0.25, 0.3) is 0 Å². The Labute approximate surface area is 191 Å². The van der Waals surface area contributed by atoms with Crippen LogP contribution >= 0.6 is 24.0 Å². The number of anilines is 2. The summed E-state index contributed by atoms with van der Waals surface area (Å²) in [7, 11) is 1.58. The first-order valence-corrected chi connectivity index (χ1v) is 9.78. The SMILES string of the molecule is Cl.[C-]#[N+]c1ccc2c(N3CC=C(CO)C3)nnc(NCc3ccc(OC)c(Cl)c3)c2c1. The first kappa shape index (κ1) is 22.6. The topological polar surface area (TPSA) is 74.9 Å². The number of hydrogen-bond acceptors (Lipinski definition) is 6. The van der Waals surface area contributed by atoms with Crippen LogP contribution in [0.5, 0.6) is 5.75 Å². The van der Waals surface area contributed by atoms with Crippen LogP contribution in [0, 0.1) is 6.57 Å². The lowest BCUT2D eigenvalue weighted by Crippen LogP contribution is -2.22. The predicted octanol–water partition coefficient (Wildman–Crippen LogP) is 4.62. The second kappa shape index (κ2) is 9.84. The first-order valence-electron chi connectivity index (χ1n) is 9.41. The Hall–Kier alpha value is -3.05. The number of fused-ring (bicyclic) bond motifs is 1. The monoisotopic (exact) mass is 457 g/mol. The van der Waals surface area contributed by atoms with Gasteiger partial charge in [0.15, 0.2) is 17.3 Å². The van der Waals surface area contributed by atoms with Crippen molar-refractivity contribution in [3.8, 4) is 5.75 Å². The zero-order chi connectivity index (χ0) is 21.1. The third-order valence-corrected chi connectivity index (χ3v) is 5.34. The Balaban J connectivity index is 0.00000272. The number of hydrogen-bond donors (Lipinski definition) is 2. The van der Waals surface area contributed by atoms with Gasteiger partial charge in [-0.05, 0) is 29.3 Å². The number of aliphatic hydroxyl groups is 1. The van der Waals surface area contributed by atoms with Crippen molar-refractivity contribution in [2.24, 2.45) is 0 Å². The first-order chi connectivity index (χ1) is 14.6. The molecule has 0 spiro atoms. The molecule has 2 heterocycles. The predicted molar refractivity (Wildman–Crippen MR) is 126 cm³/mol. The Morgan fingerprint density at radius 3 is 2.74 bits per heavy atom. The minimum Gasteiger partial charge on any atom is -0.495 e. The van der Waals surface area contributed by atoms with Crippen LogP contribution in [0.15, 0.2) is 48.0 Å². The molecule has 0 saturated heterocycles. The molecule has 7 nitrogen and oxygen atoms in total. The van der Waals surface area contributed by atoms with Crippen LogP contribution < -0.4 is 15.0 Å². The number of rotatable bonds is 6. The second-order valence-electron chi connectivity index (χ2n) is 6.94. The molecule has 0 fully saturated rings. The normalized spacial score (nSPS) is 12.8. The van der Waals surface area contributed by atoms with Crippen molar-refractivity contribution in [1.29, 1.82) is 0 Å². The van der Waals surface area contributed by atoms with Crippen molar-refractivity contribution in [1.82, 2.24) is 10.2 Å². The molecule has 2 N–H and O–H groups in total. The van der Waals surface area contributed by atoms with Crippen LogP contribution in [0.2, 0.25) is 5.02 Å². The third kappa shape index (κ3) is 4.67. The molecule has 0 bridgehead atoms. The number of aromatic nitrogens is 2. The molecule has 1 aromatic heterocycles. The molecular weight excluding hydrogens is 437 g/mol. The molecule has 0 atom stereocenters. The molecule has 0 unspecified atom stereocenters. The highest BCUT2D eigenvalue weighted by molar-refractivity contribution is 6.32. The molecule has 160 valence electrons. The molecule has 9 heteroatoms. The van der Waals surface area contributed by atoms with Crippen molar-refractivity contribution >= 4 is 52.1 Å². The van der Waals surface area contributed by atoms with Crippen molar-refractivity contribution in [3.63, 3.8) is 0 Å². The number of aliphatic hydroxyl groups excluding tert-OH is 1. The van der Waals surface area contributed by atoms with E-state index in [1.54, 1.807) is 13.2 Å². The molecular formula is C22H21Cl2N5O2. The molecule has 1 aliphatic rings. The molecule has 0 radical (unpaired) electrons. The van der Waals surface area contributed by atoms with Crippen LogP contribution in [0.3, 0.4) is 0 Å². The lowest BCUT2D eigenvalue weighted by Gasteiger charge is -2.20. The highest BCUT2D eigenvalue weighted by atomic mass is 35.5. The summed E-state index contributed by atoms with van der Waals surface area (Å²) in [6, 6.07) is 11.1. The number of nitrogens with zero attached hydrogens (tertiary/aromatic N) is 4. The zero-order valence-corrected chi connectivity index (χ0v) is 18.4. The van der Waals surface area contributed by atoms with Gasteiger partial charge in [0.05, 0.1) is 25.3 Å². The van der Waals surface area contributed by atoms with Crippen molar-refractivity contribution < 1.29 is 9.84 Å². The van der Waals surface area contributed by atoms with Crippen LogP contribution in [0.1, 0.15) is 5.56 Å². The lowest BCUT2D eigenvalue weighted by atomic mass is 10.1. The van der Waals surface area contributed by atoms with E-state index in [0.717, 1.165) is 27.7 Å². The quantitative estimate of drug-likeness (QED) is 0.415. The van der Waals surface area contributed by atoms with Gasteiger partial charge < -0.3 is 20.1 Å². The van der Waals surface area contributed by atoms with Gasteiger partial charge in [0, 0.05) is 30.4 Å². The fraction of sp³-hybridized carbons (Fsp3) is 0.227. The summed E-state index contributed by atoms with van der Waals surface area (Å²) in [4.78, 5) is 5.61. The minimum atomic E-state index is 0. The van der Waals surface area contributed by atoms with Gasteiger partial charge in [0.2, 0.25) is 0 Å². The largest absolute Gasteiger partial charge is 0.495 e. The fourth-order valence-corrected chi connectivity index (χ4v) is 3.74. The summed E-state index contributed by atoms with van der Waals surface area (Å²) in [6.07, 6.45) is 2.00. The maximum atomic E-state index is 9.40. The van der Waals surface area contributed by atoms with Gasteiger partial charge in [-0.1, -0.05) is 35.9 Å². The van der Waals surface area contributed by atoms with Gasteiger partial charge in [0.1, 0.15) is 5.75 Å². The molecule has 0 saturated carbocycles. The van der Waals surface area contributed by atoms with Gasteiger partial charge in [-0.25, -0.2) is 4.85 Å². The van der Waals surface area contributed by atoms with E-state index in [1.807, 2.05) is 36.4 Å². The van der Waals surface area contributed by atoms with Crippen LogP contribution in [0.25, 0.3) is 15.6 Å². The number of nitrogens with one attached hydrogen (secondary N) is 1. The molecule has 2 aromatic carbocycles. The van der Waals surface area contributed by atoms with Crippen LogP contribution in [-0.4, -0.2) is 42.1 Å². The maximum Gasteiger partial charge on any atom is 0.188 e. The van der Waals surface area contributed by atoms with Gasteiger partial charge in [-0.15, -0.1) is 22.6 Å². The Morgan fingerprint density at radius 2 is 2.06 bits per heavy atom. The molecule has 0 amide bonds. The summed E-state index contributed by atoms with van der Waals surface area (Å²) >= 11 is 6.22. The van der Waals surface area contributed by atoms with E-state index < -0.39 is 0 Å². The molecule has 4 rings (SSSR count). The summed E-state index contributed by atoms with van der Waals surface area (Å²) in [5.41, 5.74) is 2.46. The van der Waals surface area contributed by atoms with Crippen molar-refractivity contribution in [3.05, 3.63) is 70.1 Å². The number of halogens is 2. The van der Waals surface area contributed by atoms with Crippen molar-refractivity contribution in [2.75, 3.05) is 37.0 Å². The zero-order valence-electron chi connectivity index (χ0n) is 16.8. The molecule has 1 aliphatic heterocycles. The summed E-state index contributed by atoms with van der Waals surface area (Å²) < 4.78 is 5.20. The van der Waals surface area contributed by atoms with E-state index in [4.69, 9.17) is 22.9 Å². The van der Waals surface area contributed by atoms with E-state index in [2.05, 4.69) is 25.3 Å². The highest BCUT2D eigenvalue weighted by Crippen LogP contribution is 2.33. The minimum absolute atomic E-state index is 0. The van der Waals surface area contributed by atoms with E-state index >= 15 is 0 Å². The van der Waals surface area contributed by atoms with E-state index in [0.29, 0.717) is 41.9 Å². The Kier molecular flexibility index (Phi) is 7.18. The number of benzene rings is 2. The average Bonchev–Trinajstić information content (AvgIpc) is 3.26. The Morgan fingerprint density at radius 1 is 1.23 bits per heavy atom. The van der Waals surface area contributed by atoms with E-state index in [-0.39, 0.29) is 19.0 Å². The lowest BCUT2D eigenvalue weighted by molar-refractivity contribution is 0.330. The van der Waals surface area contributed by atoms with Crippen LogP contribution in [-0.2, 0) is 6.54 Å². The number of ether oxygens (including phenoxy) is 1. The standard InChI is InChI=1S/C22H20ClN5O2.ClH/c1-24-16-4-5-17-18(10-16)21(25-11-14-3-6-20(30-2)19(23)9-14)26-27-22(17)28-8-7-15(12-28)13-29;/h3-7,9-10,29H,8,11-13H2,2H3,(H,25,26);1H. The summed E-state index contributed by atoms with van der Waals surface area (Å²) in [5, 5.41) is 23.8. The molecule has 31 heavy (non-hydrogen) atoms. The summed E-state index contributed by atoms with van der Waals surface area (Å²) in [6.45, 7) is 9.17. The number of methoxy groups -OCH3 is 1. The van der Waals surface area contributed by atoms with Crippen molar-refractivity contribution in [2.45, 2.75) is 6.54 Å². The van der Waals surface area contributed by atoms with Gasteiger partial charge in [-0.3, -0.25) is 0 Å². The molecule has 3 aromatic rings. The highest BCUT2D eigenvalue weighted by Gasteiger charge is 2.20. The third-order valence-electron chi connectivity index (χ3n) is 5.05. The Bertz CT molecular complexity index is 1180. The van der Waals surface area contributed by atoms with Gasteiger partial charge >= 0.3 is 0 Å². The molecule has 0 aliphatic carbocycles. The maximum absolute atomic E-state index is 9.40. The summed E-state index contributed by atoms with van der Waals surface area (Å²) in [5.74, 6) is 1.96. The second-order valence-corrected chi connectivity index (χ2v) is 7.34. The van der Waals surface area contributed by atoms with E-state index in [9.17, 15) is 5.11 Å². The van der Waals surface area contributed by atoms with E-state index in [1.165, 1.54) is 0 Å². The average molecular weight is 458 g/mol.